The number of amides is 1. The lowest BCUT2D eigenvalue weighted by atomic mass is 10.1. The van der Waals surface area contributed by atoms with Crippen molar-refractivity contribution in [2.45, 2.75) is 25.3 Å². The molecule has 6 heteroatoms. The average molecular weight is 364 g/mol. The number of hydrogen-bond donors (Lipinski definition) is 2. The summed E-state index contributed by atoms with van der Waals surface area (Å²) in [5.41, 5.74) is 6.84. The van der Waals surface area contributed by atoms with Crippen LogP contribution >= 0.6 is 0 Å². The number of anilines is 1. The summed E-state index contributed by atoms with van der Waals surface area (Å²) in [5, 5.41) is 3.10. The lowest BCUT2D eigenvalue weighted by Gasteiger charge is -2.14. The minimum Gasteiger partial charge on any atom is -0.457 e. The van der Waals surface area contributed by atoms with Crippen LogP contribution in [-0.4, -0.2) is 35.9 Å². The molecule has 27 heavy (non-hydrogen) atoms. The van der Waals surface area contributed by atoms with Gasteiger partial charge >= 0.3 is 0 Å². The molecule has 1 amide bonds. The molecule has 1 atom stereocenters. The molecule has 1 saturated carbocycles. The molecule has 3 N–H and O–H groups in total. The summed E-state index contributed by atoms with van der Waals surface area (Å²) in [5.74, 6) is 2.37. The third-order valence-corrected chi connectivity index (χ3v) is 4.83. The molecule has 2 aliphatic rings. The molecular formula is C21H24N4O2. The smallest absolute Gasteiger partial charge is 0.223 e. The normalized spacial score (nSPS) is 20.0. The van der Waals surface area contributed by atoms with Crippen molar-refractivity contribution in [1.29, 1.82) is 0 Å². The summed E-state index contributed by atoms with van der Waals surface area (Å²) in [4.78, 5) is 18.4. The van der Waals surface area contributed by atoms with Crippen LogP contribution in [0.1, 0.15) is 19.3 Å². The van der Waals surface area contributed by atoms with E-state index >= 15 is 0 Å². The first-order chi connectivity index (χ1) is 13.2. The molecule has 4 rings (SSSR count). The highest BCUT2D eigenvalue weighted by atomic mass is 16.5. The molecular weight excluding hydrogens is 340 g/mol. The van der Waals surface area contributed by atoms with E-state index in [0.29, 0.717) is 25.0 Å². The molecule has 0 radical (unpaired) electrons. The van der Waals surface area contributed by atoms with E-state index in [1.165, 1.54) is 0 Å². The number of nitrogens with two attached hydrogens (primary N) is 1. The molecule has 2 aromatic carbocycles. The molecule has 140 valence electrons. The number of hydrogen-bond acceptors (Lipinski definition) is 3. The molecule has 1 heterocycles. The SMILES string of the molecule is NC(=NCC1CC(=O)N(C2CC2)C1)Nc1cccc(Oc2ccccc2)c1. The maximum atomic E-state index is 12.0. The second-order valence-corrected chi connectivity index (χ2v) is 7.14. The Labute approximate surface area is 159 Å². The summed E-state index contributed by atoms with van der Waals surface area (Å²) in [6, 6.07) is 17.7. The summed E-state index contributed by atoms with van der Waals surface area (Å²) in [7, 11) is 0. The van der Waals surface area contributed by atoms with Crippen LogP contribution in [0.4, 0.5) is 5.69 Å². The molecule has 0 aromatic heterocycles. The summed E-state index contributed by atoms with van der Waals surface area (Å²) in [6.45, 7) is 1.37. The van der Waals surface area contributed by atoms with Crippen LogP contribution in [0.2, 0.25) is 0 Å². The van der Waals surface area contributed by atoms with Crippen LogP contribution in [0.15, 0.2) is 59.6 Å². The number of para-hydroxylation sites is 1. The van der Waals surface area contributed by atoms with Crippen molar-refractivity contribution in [3.05, 3.63) is 54.6 Å². The average Bonchev–Trinajstić information content (AvgIpc) is 3.44. The lowest BCUT2D eigenvalue weighted by molar-refractivity contribution is -0.128. The largest absolute Gasteiger partial charge is 0.457 e. The molecule has 1 aliphatic heterocycles. The standard InChI is InChI=1S/C21H24N4O2/c22-21(23-13-15-11-20(26)25(14-15)17-9-10-17)24-16-5-4-8-19(12-16)27-18-6-2-1-3-7-18/h1-8,12,15,17H,9-11,13-14H2,(H3,22,23,24). The van der Waals surface area contributed by atoms with E-state index in [0.717, 1.165) is 36.6 Å². The predicted octanol–water partition coefficient (Wildman–Crippen LogP) is 3.22. The fourth-order valence-electron chi connectivity index (χ4n) is 3.35. The second kappa shape index (κ2) is 7.70. The Kier molecular flexibility index (Phi) is 4.96. The summed E-state index contributed by atoms with van der Waals surface area (Å²) < 4.78 is 5.83. The van der Waals surface area contributed by atoms with Crippen molar-refractivity contribution in [3.63, 3.8) is 0 Å². The van der Waals surface area contributed by atoms with Crippen molar-refractivity contribution in [1.82, 2.24) is 4.90 Å². The molecule has 1 unspecified atom stereocenters. The Morgan fingerprint density at radius 1 is 1.15 bits per heavy atom. The first-order valence-corrected chi connectivity index (χ1v) is 9.37. The lowest BCUT2D eigenvalue weighted by Crippen LogP contribution is -2.28. The summed E-state index contributed by atoms with van der Waals surface area (Å²) in [6.07, 6.45) is 2.87. The van der Waals surface area contributed by atoms with E-state index in [1.807, 2.05) is 59.5 Å². The second-order valence-electron chi connectivity index (χ2n) is 7.14. The molecule has 6 nitrogen and oxygen atoms in total. The van der Waals surface area contributed by atoms with E-state index in [4.69, 9.17) is 10.5 Å². The van der Waals surface area contributed by atoms with Gasteiger partial charge in [-0.05, 0) is 37.1 Å². The van der Waals surface area contributed by atoms with Crippen LogP contribution in [0.3, 0.4) is 0 Å². The molecule has 0 spiro atoms. The van der Waals surface area contributed by atoms with E-state index < -0.39 is 0 Å². The maximum absolute atomic E-state index is 12.0. The van der Waals surface area contributed by atoms with E-state index in [-0.39, 0.29) is 11.8 Å². The van der Waals surface area contributed by atoms with Crippen LogP contribution in [0.5, 0.6) is 11.5 Å². The van der Waals surface area contributed by atoms with Crippen molar-refractivity contribution in [2.75, 3.05) is 18.4 Å². The van der Waals surface area contributed by atoms with Gasteiger partial charge in [-0.2, -0.15) is 0 Å². The zero-order valence-corrected chi connectivity index (χ0v) is 15.2. The summed E-state index contributed by atoms with van der Waals surface area (Å²) >= 11 is 0. The van der Waals surface area contributed by atoms with E-state index in [1.54, 1.807) is 0 Å². The zero-order valence-electron chi connectivity index (χ0n) is 15.2. The Morgan fingerprint density at radius 3 is 2.70 bits per heavy atom. The van der Waals surface area contributed by atoms with Crippen LogP contribution < -0.4 is 15.8 Å². The van der Waals surface area contributed by atoms with Gasteiger partial charge < -0.3 is 20.7 Å². The number of benzene rings is 2. The molecule has 1 saturated heterocycles. The van der Waals surface area contributed by atoms with E-state index in [2.05, 4.69) is 10.3 Å². The van der Waals surface area contributed by atoms with E-state index in [9.17, 15) is 4.79 Å². The third kappa shape index (κ3) is 4.58. The minimum absolute atomic E-state index is 0.256. The van der Waals surface area contributed by atoms with Crippen LogP contribution in [0.25, 0.3) is 0 Å². The van der Waals surface area contributed by atoms with Crippen molar-refractivity contribution in [3.8, 4) is 11.5 Å². The van der Waals surface area contributed by atoms with Gasteiger partial charge in [-0.15, -0.1) is 0 Å². The topological polar surface area (TPSA) is 80.0 Å². The van der Waals surface area contributed by atoms with Gasteiger partial charge in [0.25, 0.3) is 0 Å². The highest BCUT2D eigenvalue weighted by Gasteiger charge is 2.39. The highest BCUT2D eigenvalue weighted by molar-refractivity contribution is 5.92. The number of carbonyl (C=O) groups is 1. The quantitative estimate of drug-likeness (QED) is 0.609. The zero-order chi connectivity index (χ0) is 18.6. The number of nitrogens with zero attached hydrogens (tertiary/aromatic N) is 2. The van der Waals surface area contributed by atoms with Crippen molar-refractivity contribution in [2.24, 2.45) is 16.6 Å². The Bertz CT molecular complexity index is 833. The van der Waals surface area contributed by atoms with Gasteiger partial charge in [0.15, 0.2) is 5.96 Å². The molecule has 1 aliphatic carbocycles. The highest BCUT2D eigenvalue weighted by Crippen LogP contribution is 2.32. The third-order valence-electron chi connectivity index (χ3n) is 4.83. The van der Waals surface area contributed by atoms with Crippen molar-refractivity contribution >= 4 is 17.6 Å². The Balaban J connectivity index is 1.32. The maximum Gasteiger partial charge on any atom is 0.223 e. The Hall–Kier alpha value is -3.02. The van der Waals surface area contributed by atoms with Crippen LogP contribution in [-0.2, 0) is 4.79 Å². The first kappa shape index (κ1) is 17.4. The van der Waals surface area contributed by atoms with Gasteiger partial charge in [-0.1, -0.05) is 24.3 Å². The fourth-order valence-corrected chi connectivity index (χ4v) is 3.35. The van der Waals surface area contributed by atoms with Crippen LogP contribution in [0, 0.1) is 5.92 Å². The first-order valence-electron chi connectivity index (χ1n) is 9.37. The Morgan fingerprint density at radius 2 is 1.93 bits per heavy atom. The van der Waals surface area contributed by atoms with Crippen molar-refractivity contribution < 1.29 is 9.53 Å². The fraction of sp³-hybridized carbons (Fsp3) is 0.333. The van der Waals surface area contributed by atoms with Gasteiger partial charge in [0.1, 0.15) is 11.5 Å². The van der Waals surface area contributed by atoms with Gasteiger partial charge in [-0.3, -0.25) is 9.79 Å². The number of carbonyl (C=O) groups excluding carboxylic acids is 1. The van der Waals surface area contributed by atoms with Gasteiger partial charge in [0.05, 0.1) is 0 Å². The number of likely N-dealkylation sites (tertiary alicyclic amines) is 1. The number of guanidine groups is 1. The molecule has 2 aromatic rings. The molecule has 2 fully saturated rings. The van der Waals surface area contributed by atoms with Gasteiger partial charge in [0.2, 0.25) is 5.91 Å². The van der Waals surface area contributed by atoms with Gasteiger partial charge in [0, 0.05) is 43.2 Å². The van der Waals surface area contributed by atoms with Gasteiger partial charge in [-0.25, -0.2) is 0 Å². The number of rotatable bonds is 6. The molecule has 0 bridgehead atoms. The number of ether oxygens (including phenoxy) is 1. The number of nitrogens with one attached hydrogen (secondary N) is 1. The predicted molar refractivity (Wildman–Crippen MR) is 106 cm³/mol. The number of aliphatic imine (C=N–C) groups is 1. The monoisotopic (exact) mass is 364 g/mol. The minimum atomic E-state index is 0.256.